The lowest BCUT2D eigenvalue weighted by atomic mass is 9.89. The highest BCUT2D eigenvalue weighted by atomic mass is 35.5. The summed E-state index contributed by atoms with van der Waals surface area (Å²) in [6.45, 7) is 1.57. The van der Waals surface area contributed by atoms with Crippen LogP contribution in [0.4, 0.5) is 0 Å². The molecule has 3 atom stereocenters. The molecule has 1 aromatic heterocycles. The van der Waals surface area contributed by atoms with E-state index < -0.39 is 0 Å². The van der Waals surface area contributed by atoms with Gasteiger partial charge in [-0.1, -0.05) is 30.3 Å². The SMILES string of the molecule is Cl.Cn1cc([C@H]2CNC[C@@H]2C(=O)NC(c2ccccc2)C2CC2)cn1. The molecule has 0 spiro atoms. The van der Waals surface area contributed by atoms with Crippen LogP contribution in [0.1, 0.15) is 35.9 Å². The van der Waals surface area contributed by atoms with Crippen LogP contribution in [0, 0.1) is 11.8 Å². The van der Waals surface area contributed by atoms with Gasteiger partial charge in [0.25, 0.3) is 0 Å². The number of nitrogens with zero attached hydrogens (tertiary/aromatic N) is 2. The van der Waals surface area contributed by atoms with E-state index in [1.807, 2.05) is 37.6 Å². The van der Waals surface area contributed by atoms with E-state index in [0.29, 0.717) is 5.92 Å². The number of nitrogens with one attached hydrogen (secondary N) is 2. The predicted octanol–water partition coefficient (Wildman–Crippen LogP) is 2.41. The maximum absolute atomic E-state index is 13.0. The van der Waals surface area contributed by atoms with Crippen molar-refractivity contribution in [1.82, 2.24) is 20.4 Å². The fourth-order valence-corrected chi connectivity index (χ4v) is 3.76. The van der Waals surface area contributed by atoms with Crippen molar-refractivity contribution < 1.29 is 4.79 Å². The molecule has 1 amide bonds. The van der Waals surface area contributed by atoms with Crippen LogP contribution in [0.5, 0.6) is 0 Å². The molecule has 134 valence electrons. The van der Waals surface area contributed by atoms with E-state index in [-0.39, 0.29) is 36.2 Å². The normalized spacial score (nSPS) is 23.7. The zero-order valence-electron chi connectivity index (χ0n) is 14.4. The molecule has 1 unspecified atom stereocenters. The second-order valence-electron chi connectivity index (χ2n) is 7.05. The quantitative estimate of drug-likeness (QED) is 0.860. The fraction of sp³-hybridized carbons (Fsp3) is 0.474. The van der Waals surface area contributed by atoms with Gasteiger partial charge in [-0.25, -0.2) is 0 Å². The van der Waals surface area contributed by atoms with Crippen molar-refractivity contribution in [2.75, 3.05) is 13.1 Å². The Kier molecular flexibility index (Phi) is 5.45. The van der Waals surface area contributed by atoms with Crippen LogP contribution in [0.15, 0.2) is 42.7 Å². The number of amides is 1. The molecule has 4 rings (SSSR count). The molecule has 5 nitrogen and oxygen atoms in total. The Hall–Kier alpha value is -1.85. The van der Waals surface area contributed by atoms with Gasteiger partial charge in [0.2, 0.25) is 5.91 Å². The number of hydrogen-bond acceptors (Lipinski definition) is 3. The van der Waals surface area contributed by atoms with Gasteiger partial charge in [-0.2, -0.15) is 5.10 Å². The standard InChI is InChI=1S/C19H24N4O.ClH/c1-23-12-15(9-21-23)16-10-20-11-17(16)19(24)22-18(14-7-8-14)13-5-3-2-4-6-13;/h2-6,9,12,14,16-18,20H,7-8,10-11H2,1H3,(H,22,24);1H/t16-,17+,18?;/m1./s1. The summed E-state index contributed by atoms with van der Waals surface area (Å²) in [6, 6.07) is 10.5. The third kappa shape index (κ3) is 3.88. The number of aromatic nitrogens is 2. The highest BCUT2D eigenvalue weighted by Gasteiger charge is 2.38. The van der Waals surface area contributed by atoms with Crippen molar-refractivity contribution in [2.45, 2.75) is 24.8 Å². The van der Waals surface area contributed by atoms with Gasteiger partial charge in [0.15, 0.2) is 0 Å². The lowest BCUT2D eigenvalue weighted by Crippen LogP contribution is -2.37. The predicted molar refractivity (Wildman–Crippen MR) is 99.6 cm³/mol. The first-order chi connectivity index (χ1) is 11.7. The molecule has 2 aliphatic rings. The highest BCUT2D eigenvalue weighted by molar-refractivity contribution is 5.85. The minimum Gasteiger partial charge on any atom is -0.349 e. The summed E-state index contributed by atoms with van der Waals surface area (Å²) in [6.07, 6.45) is 6.31. The first-order valence-electron chi connectivity index (χ1n) is 8.77. The maximum atomic E-state index is 13.0. The summed E-state index contributed by atoms with van der Waals surface area (Å²) in [5.74, 6) is 0.922. The molecule has 0 bridgehead atoms. The molecule has 6 heteroatoms. The first-order valence-corrected chi connectivity index (χ1v) is 8.77. The van der Waals surface area contributed by atoms with Crippen molar-refractivity contribution in [3.05, 3.63) is 53.9 Å². The lowest BCUT2D eigenvalue weighted by molar-refractivity contribution is -0.125. The summed E-state index contributed by atoms with van der Waals surface area (Å²) in [4.78, 5) is 13.0. The van der Waals surface area contributed by atoms with Gasteiger partial charge in [0, 0.05) is 32.3 Å². The van der Waals surface area contributed by atoms with Gasteiger partial charge in [0.05, 0.1) is 18.2 Å². The summed E-state index contributed by atoms with van der Waals surface area (Å²) in [5, 5.41) is 11.0. The largest absolute Gasteiger partial charge is 0.349 e. The Morgan fingerprint density at radius 2 is 2.04 bits per heavy atom. The molecule has 2 aromatic rings. The van der Waals surface area contributed by atoms with E-state index in [1.54, 1.807) is 4.68 Å². The van der Waals surface area contributed by atoms with Crippen LogP contribution < -0.4 is 10.6 Å². The second kappa shape index (κ2) is 7.58. The zero-order valence-corrected chi connectivity index (χ0v) is 15.2. The molecule has 1 saturated carbocycles. The monoisotopic (exact) mass is 360 g/mol. The third-order valence-corrected chi connectivity index (χ3v) is 5.25. The fourth-order valence-electron chi connectivity index (χ4n) is 3.76. The Morgan fingerprint density at radius 3 is 2.68 bits per heavy atom. The Morgan fingerprint density at radius 1 is 1.28 bits per heavy atom. The molecule has 1 aliphatic carbocycles. The molecule has 2 fully saturated rings. The maximum Gasteiger partial charge on any atom is 0.225 e. The van der Waals surface area contributed by atoms with Crippen LogP contribution in [0.2, 0.25) is 0 Å². The summed E-state index contributed by atoms with van der Waals surface area (Å²) < 4.78 is 1.81. The Labute approximate surface area is 154 Å². The lowest BCUT2D eigenvalue weighted by Gasteiger charge is -2.23. The number of rotatable bonds is 5. The Bertz CT molecular complexity index is 713. The van der Waals surface area contributed by atoms with Gasteiger partial charge >= 0.3 is 0 Å². The van der Waals surface area contributed by atoms with Gasteiger partial charge < -0.3 is 10.6 Å². The number of carbonyl (C=O) groups excluding carboxylic acids is 1. The third-order valence-electron chi connectivity index (χ3n) is 5.25. The number of hydrogen-bond donors (Lipinski definition) is 2. The minimum absolute atomic E-state index is 0. The van der Waals surface area contributed by atoms with E-state index >= 15 is 0 Å². The van der Waals surface area contributed by atoms with E-state index in [2.05, 4.69) is 27.9 Å². The van der Waals surface area contributed by atoms with Gasteiger partial charge in [0.1, 0.15) is 0 Å². The molecular weight excluding hydrogens is 336 g/mol. The topological polar surface area (TPSA) is 59.0 Å². The van der Waals surface area contributed by atoms with Crippen molar-refractivity contribution in [3.8, 4) is 0 Å². The number of aryl methyl sites for hydroxylation is 1. The average molecular weight is 361 g/mol. The van der Waals surface area contributed by atoms with Crippen molar-refractivity contribution in [2.24, 2.45) is 18.9 Å². The Balaban J connectivity index is 0.00000182. The molecule has 25 heavy (non-hydrogen) atoms. The van der Waals surface area contributed by atoms with Crippen LogP contribution >= 0.6 is 12.4 Å². The van der Waals surface area contributed by atoms with Crippen LogP contribution in [-0.4, -0.2) is 28.8 Å². The number of carbonyl (C=O) groups is 1. The van der Waals surface area contributed by atoms with Crippen molar-refractivity contribution >= 4 is 18.3 Å². The molecule has 0 radical (unpaired) electrons. The average Bonchev–Trinajstić information content (AvgIpc) is 3.15. The first kappa shape index (κ1) is 18.0. The van der Waals surface area contributed by atoms with Gasteiger partial charge in [-0.05, 0) is 29.9 Å². The smallest absolute Gasteiger partial charge is 0.225 e. The summed E-state index contributed by atoms with van der Waals surface area (Å²) in [7, 11) is 1.92. The van der Waals surface area contributed by atoms with E-state index in [4.69, 9.17) is 0 Å². The van der Waals surface area contributed by atoms with Crippen molar-refractivity contribution in [3.63, 3.8) is 0 Å². The van der Waals surface area contributed by atoms with Gasteiger partial charge in [-0.15, -0.1) is 12.4 Å². The summed E-state index contributed by atoms with van der Waals surface area (Å²) in [5.41, 5.74) is 2.36. The number of halogens is 1. The van der Waals surface area contributed by atoms with Crippen molar-refractivity contribution in [1.29, 1.82) is 0 Å². The molecule has 1 aromatic carbocycles. The van der Waals surface area contributed by atoms with Crippen LogP contribution in [0.3, 0.4) is 0 Å². The van der Waals surface area contributed by atoms with E-state index in [1.165, 1.54) is 18.4 Å². The second-order valence-corrected chi connectivity index (χ2v) is 7.05. The van der Waals surface area contributed by atoms with E-state index in [0.717, 1.165) is 18.7 Å². The van der Waals surface area contributed by atoms with Crippen LogP contribution in [-0.2, 0) is 11.8 Å². The molecular formula is C19H25ClN4O. The highest BCUT2D eigenvalue weighted by Crippen LogP contribution is 2.41. The molecule has 1 aliphatic heterocycles. The molecule has 2 N–H and O–H groups in total. The van der Waals surface area contributed by atoms with E-state index in [9.17, 15) is 4.79 Å². The summed E-state index contributed by atoms with van der Waals surface area (Å²) >= 11 is 0. The number of benzene rings is 1. The molecule has 1 saturated heterocycles. The zero-order chi connectivity index (χ0) is 16.5. The van der Waals surface area contributed by atoms with Gasteiger partial charge in [-0.3, -0.25) is 9.48 Å². The minimum atomic E-state index is -0.0286. The van der Waals surface area contributed by atoms with Crippen LogP contribution in [0.25, 0.3) is 0 Å². The molecule has 2 heterocycles.